The second kappa shape index (κ2) is 6.11. The van der Waals surface area contributed by atoms with Gasteiger partial charge in [-0.05, 0) is 31.9 Å². The molecule has 0 saturated carbocycles. The van der Waals surface area contributed by atoms with Crippen LogP contribution in [0.25, 0.3) is 0 Å². The second-order valence-electron chi connectivity index (χ2n) is 6.46. The van der Waals surface area contributed by atoms with E-state index in [4.69, 9.17) is 0 Å². The van der Waals surface area contributed by atoms with Crippen molar-refractivity contribution in [1.82, 2.24) is 9.80 Å². The molecule has 2 aliphatic rings. The Morgan fingerprint density at radius 2 is 2.00 bits per heavy atom. The Labute approximate surface area is 123 Å². The van der Waals surface area contributed by atoms with Gasteiger partial charge in [0.1, 0.15) is 0 Å². The van der Waals surface area contributed by atoms with Crippen molar-refractivity contribution in [3.8, 4) is 0 Å². The number of benzene rings is 1. The first kappa shape index (κ1) is 13.8. The summed E-state index contributed by atoms with van der Waals surface area (Å²) in [5.41, 5.74) is 2.73. The Kier molecular flexibility index (Phi) is 4.23. The predicted octanol–water partition coefficient (Wildman–Crippen LogP) is 3.47. The van der Waals surface area contributed by atoms with Gasteiger partial charge in [-0.15, -0.1) is 0 Å². The Bertz CT molecular complexity index is 454. The number of hydrogen-bond acceptors (Lipinski definition) is 2. The maximum atomic E-state index is 4.13. The fourth-order valence-electron chi connectivity index (χ4n) is 3.76. The molecule has 0 aliphatic carbocycles. The Morgan fingerprint density at radius 1 is 1.20 bits per heavy atom. The second-order valence-corrected chi connectivity index (χ2v) is 6.46. The van der Waals surface area contributed by atoms with Crippen LogP contribution in [0.4, 0.5) is 0 Å². The summed E-state index contributed by atoms with van der Waals surface area (Å²) in [5.74, 6) is 0. The minimum absolute atomic E-state index is 0.530. The topological polar surface area (TPSA) is 6.48 Å². The molecule has 0 N–H and O–H groups in total. The van der Waals surface area contributed by atoms with Crippen LogP contribution in [0.15, 0.2) is 42.5 Å². The molecule has 20 heavy (non-hydrogen) atoms. The summed E-state index contributed by atoms with van der Waals surface area (Å²) in [6.45, 7) is 11.0. The highest BCUT2D eigenvalue weighted by atomic mass is 15.3. The van der Waals surface area contributed by atoms with Gasteiger partial charge in [-0.25, -0.2) is 0 Å². The molecule has 0 radical (unpaired) electrons. The van der Waals surface area contributed by atoms with Crippen molar-refractivity contribution in [1.29, 1.82) is 0 Å². The summed E-state index contributed by atoms with van der Waals surface area (Å²) in [6.07, 6.45) is 4.14. The van der Waals surface area contributed by atoms with E-state index >= 15 is 0 Å². The van der Waals surface area contributed by atoms with Crippen LogP contribution in [-0.2, 0) is 0 Å². The minimum Gasteiger partial charge on any atom is -0.297 e. The molecule has 2 unspecified atom stereocenters. The maximum Gasteiger partial charge on any atom is 0.0479 e. The molecular weight excluding hydrogens is 244 g/mol. The fourth-order valence-corrected chi connectivity index (χ4v) is 3.76. The van der Waals surface area contributed by atoms with Crippen molar-refractivity contribution < 1.29 is 0 Å². The van der Waals surface area contributed by atoms with E-state index in [9.17, 15) is 0 Å². The van der Waals surface area contributed by atoms with E-state index in [2.05, 4.69) is 53.6 Å². The van der Waals surface area contributed by atoms with Gasteiger partial charge in [-0.1, -0.05) is 48.9 Å². The zero-order valence-corrected chi connectivity index (χ0v) is 12.6. The molecule has 0 bridgehead atoms. The molecule has 3 rings (SSSR count). The van der Waals surface area contributed by atoms with Crippen LogP contribution in [0.3, 0.4) is 0 Å². The third kappa shape index (κ3) is 2.97. The van der Waals surface area contributed by atoms with Crippen molar-refractivity contribution in [2.75, 3.05) is 26.2 Å². The van der Waals surface area contributed by atoms with Gasteiger partial charge in [0.25, 0.3) is 0 Å². The third-order valence-electron chi connectivity index (χ3n) is 4.70. The van der Waals surface area contributed by atoms with Crippen LogP contribution in [-0.4, -0.2) is 42.0 Å². The van der Waals surface area contributed by atoms with Gasteiger partial charge in [-0.2, -0.15) is 0 Å². The largest absolute Gasteiger partial charge is 0.297 e. The fraction of sp³-hybridized carbons (Fsp3) is 0.556. The van der Waals surface area contributed by atoms with Crippen molar-refractivity contribution in [2.45, 2.75) is 38.3 Å². The molecule has 0 aromatic heterocycles. The highest BCUT2D eigenvalue weighted by Gasteiger charge is 2.35. The number of hydrogen-bond donors (Lipinski definition) is 0. The van der Waals surface area contributed by atoms with Crippen molar-refractivity contribution in [2.24, 2.45) is 0 Å². The van der Waals surface area contributed by atoms with Gasteiger partial charge < -0.3 is 0 Å². The molecule has 108 valence electrons. The first-order valence-corrected chi connectivity index (χ1v) is 7.91. The number of rotatable bonds is 3. The van der Waals surface area contributed by atoms with E-state index in [1.807, 2.05) is 0 Å². The summed E-state index contributed by atoms with van der Waals surface area (Å²) in [6, 6.07) is 12.3. The molecule has 2 nitrogen and oxygen atoms in total. The molecule has 2 heterocycles. The monoisotopic (exact) mass is 270 g/mol. The highest BCUT2D eigenvalue weighted by molar-refractivity contribution is 5.21. The van der Waals surface area contributed by atoms with Crippen molar-refractivity contribution >= 4 is 0 Å². The van der Waals surface area contributed by atoms with E-state index in [0.29, 0.717) is 6.04 Å². The quantitative estimate of drug-likeness (QED) is 0.776. The van der Waals surface area contributed by atoms with Crippen molar-refractivity contribution in [3.05, 3.63) is 48.0 Å². The highest BCUT2D eigenvalue weighted by Crippen LogP contribution is 2.32. The van der Waals surface area contributed by atoms with E-state index < -0.39 is 0 Å². The van der Waals surface area contributed by atoms with Gasteiger partial charge >= 0.3 is 0 Å². The lowest BCUT2D eigenvalue weighted by Gasteiger charge is -2.48. The number of piperazine rings is 1. The SMILES string of the molecule is C=C(C)CN1CC2CCCCN2CC1c1ccccc1. The molecule has 2 fully saturated rings. The normalized spacial score (nSPS) is 28.1. The molecule has 2 heteroatoms. The number of fused-ring (bicyclic) bond motifs is 1. The van der Waals surface area contributed by atoms with Crippen LogP contribution in [0.1, 0.15) is 37.8 Å². The summed E-state index contributed by atoms with van der Waals surface area (Å²) in [5, 5.41) is 0. The minimum atomic E-state index is 0.530. The average Bonchev–Trinajstić information content (AvgIpc) is 2.47. The Balaban J connectivity index is 1.82. The first-order valence-electron chi connectivity index (χ1n) is 7.91. The molecule has 1 aromatic rings. The molecule has 2 saturated heterocycles. The van der Waals surface area contributed by atoms with Crippen LogP contribution < -0.4 is 0 Å². The van der Waals surface area contributed by atoms with Crippen LogP contribution >= 0.6 is 0 Å². The summed E-state index contributed by atoms with van der Waals surface area (Å²) in [4.78, 5) is 5.36. The summed E-state index contributed by atoms with van der Waals surface area (Å²) >= 11 is 0. The van der Waals surface area contributed by atoms with E-state index in [-0.39, 0.29) is 0 Å². The number of nitrogens with zero attached hydrogens (tertiary/aromatic N) is 2. The lowest BCUT2D eigenvalue weighted by molar-refractivity contribution is 0.0130. The molecule has 0 amide bonds. The first-order chi connectivity index (χ1) is 9.74. The van der Waals surface area contributed by atoms with E-state index in [1.165, 1.54) is 50.0 Å². The van der Waals surface area contributed by atoms with E-state index in [1.54, 1.807) is 0 Å². The lowest BCUT2D eigenvalue weighted by Crippen LogP contribution is -2.56. The van der Waals surface area contributed by atoms with Crippen molar-refractivity contribution in [3.63, 3.8) is 0 Å². The van der Waals surface area contributed by atoms with Crippen LogP contribution in [0.5, 0.6) is 0 Å². The standard InChI is InChI=1S/C18H26N2/c1-15(2)12-20-13-17-10-6-7-11-19(17)14-18(20)16-8-4-3-5-9-16/h3-5,8-9,17-18H,1,6-7,10-14H2,2H3. The van der Waals surface area contributed by atoms with E-state index in [0.717, 1.165) is 12.6 Å². The number of piperidine rings is 1. The molecule has 1 aromatic carbocycles. The molecule has 2 aliphatic heterocycles. The Morgan fingerprint density at radius 3 is 2.75 bits per heavy atom. The average molecular weight is 270 g/mol. The summed E-state index contributed by atoms with van der Waals surface area (Å²) < 4.78 is 0. The molecule has 2 atom stereocenters. The maximum absolute atomic E-state index is 4.13. The zero-order valence-electron chi connectivity index (χ0n) is 12.6. The summed E-state index contributed by atoms with van der Waals surface area (Å²) in [7, 11) is 0. The zero-order chi connectivity index (χ0) is 13.9. The molecular formula is C18H26N2. The smallest absolute Gasteiger partial charge is 0.0479 e. The van der Waals surface area contributed by atoms with Crippen LogP contribution in [0, 0.1) is 0 Å². The van der Waals surface area contributed by atoms with Gasteiger partial charge in [0.15, 0.2) is 0 Å². The van der Waals surface area contributed by atoms with Gasteiger partial charge in [0.05, 0.1) is 0 Å². The predicted molar refractivity (Wildman–Crippen MR) is 84.8 cm³/mol. The van der Waals surface area contributed by atoms with Gasteiger partial charge in [0.2, 0.25) is 0 Å². The molecule has 0 spiro atoms. The lowest BCUT2D eigenvalue weighted by atomic mass is 9.93. The van der Waals surface area contributed by atoms with Gasteiger partial charge in [0, 0.05) is 31.7 Å². The third-order valence-corrected chi connectivity index (χ3v) is 4.70. The van der Waals surface area contributed by atoms with Crippen LogP contribution in [0.2, 0.25) is 0 Å². The van der Waals surface area contributed by atoms with Gasteiger partial charge in [-0.3, -0.25) is 9.80 Å². The Hall–Kier alpha value is -1.12.